The number of carbonyl (C=O) groups is 2. The van der Waals surface area contributed by atoms with Gasteiger partial charge < -0.3 is 19.0 Å². The first-order chi connectivity index (χ1) is 17.1. The fraction of sp³-hybridized carbons (Fsp3) is 0.519. The van der Waals surface area contributed by atoms with Crippen molar-refractivity contribution in [3.63, 3.8) is 0 Å². The second-order valence-electron chi connectivity index (χ2n) is 8.51. The number of ether oxygens (including phenoxy) is 2. The van der Waals surface area contributed by atoms with E-state index in [2.05, 4.69) is 36.0 Å². The van der Waals surface area contributed by atoms with Gasteiger partial charge in [0.15, 0.2) is 5.78 Å². The van der Waals surface area contributed by atoms with Gasteiger partial charge in [-0.1, -0.05) is 40.7 Å². The molecule has 9 heteroatoms. The summed E-state index contributed by atoms with van der Waals surface area (Å²) in [5.41, 5.74) is -1.12. The van der Waals surface area contributed by atoms with E-state index in [0.29, 0.717) is 18.6 Å². The highest BCUT2D eigenvalue weighted by Crippen LogP contribution is 2.25. The van der Waals surface area contributed by atoms with Gasteiger partial charge in [0.2, 0.25) is 0 Å². The molecule has 0 aromatic carbocycles. The Morgan fingerprint density at radius 3 is 2.44 bits per heavy atom. The molecule has 2 aromatic heterocycles. The van der Waals surface area contributed by atoms with Gasteiger partial charge in [0.05, 0.1) is 13.7 Å². The molecule has 2 aromatic rings. The first-order valence-corrected chi connectivity index (χ1v) is 13.0. The van der Waals surface area contributed by atoms with Gasteiger partial charge in [-0.25, -0.2) is 9.59 Å². The summed E-state index contributed by atoms with van der Waals surface area (Å²) in [6.45, 7) is 11.1. The number of aromatic hydroxyl groups is 1. The zero-order chi connectivity index (χ0) is 27.1. The van der Waals surface area contributed by atoms with Crippen LogP contribution in [0.15, 0.2) is 39.7 Å². The number of rotatable bonds is 12. The number of carbonyl (C=O) groups excluding carboxylic acids is 2. The average Bonchev–Trinajstić information content (AvgIpc) is 3.31. The van der Waals surface area contributed by atoms with E-state index in [4.69, 9.17) is 9.15 Å². The maximum atomic E-state index is 12.0. The molecule has 0 bridgehead atoms. The summed E-state index contributed by atoms with van der Waals surface area (Å²) in [6, 6.07) is 5.67. The van der Waals surface area contributed by atoms with Gasteiger partial charge in [-0.2, -0.15) is 0 Å². The van der Waals surface area contributed by atoms with E-state index in [1.165, 1.54) is 29.1 Å². The number of Topliss-reactive ketones (excluding diaryl/α,β-unsaturated/α-hetero) is 1. The van der Waals surface area contributed by atoms with E-state index in [-0.39, 0.29) is 17.2 Å². The van der Waals surface area contributed by atoms with Gasteiger partial charge in [-0.3, -0.25) is 10.1 Å². The topological polar surface area (TPSA) is 115 Å². The van der Waals surface area contributed by atoms with Crippen molar-refractivity contribution < 1.29 is 28.6 Å². The van der Waals surface area contributed by atoms with Crippen molar-refractivity contribution in [1.29, 1.82) is 0 Å². The second-order valence-corrected chi connectivity index (χ2v) is 9.76. The van der Waals surface area contributed by atoms with E-state index >= 15 is 0 Å². The summed E-state index contributed by atoms with van der Waals surface area (Å²) in [5, 5.41) is 12.4. The Labute approximate surface area is 217 Å². The lowest BCUT2D eigenvalue weighted by molar-refractivity contribution is 0.0931. The highest BCUT2D eigenvalue weighted by molar-refractivity contribution is 7.11. The maximum Gasteiger partial charge on any atom is 0.410 e. The van der Waals surface area contributed by atoms with Crippen LogP contribution in [0.1, 0.15) is 85.7 Å². The average molecular weight is 522 g/mol. The molecule has 0 aliphatic carbocycles. The zero-order valence-corrected chi connectivity index (χ0v) is 22.9. The lowest BCUT2D eigenvalue weighted by atomic mass is 9.99. The van der Waals surface area contributed by atoms with Crippen molar-refractivity contribution in [2.75, 3.05) is 13.7 Å². The van der Waals surface area contributed by atoms with Crippen LogP contribution in [0.2, 0.25) is 0 Å². The normalized spacial score (nSPS) is 11.8. The Kier molecular flexibility index (Phi) is 14.4. The number of alkyl carbamates (subject to hydrolysis) is 1. The Morgan fingerprint density at radius 1 is 1.19 bits per heavy atom. The summed E-state index contributed by atoms with van der Waals surface area (Å²) < 4.78 is 15.0. The Balaban J connectivity index is 0.000000450. The molecule has 0 radical (unpaired) electrons. The number of ketones is 1. The standard InChI is InChI=1S/C17H23NO6.C10H16OS/c1-10(2)15(20)14-12(19)9-13(24-16(14)21)11(3)7-5-6-8-18-17(22)23-4;1-3-7-11-8-10-6-5-9(4-2)12-10/h6,8-11,19H,5,7H2,1-4H3,(H,18,22);5-6H,3-4,7-8H2,1-2H3/b8-6+;. The van der Waals surface area contributed by atoms with Crippen LogP contribution in [0.5, 0.6) is 5.75 Å². The van der Waals surface area contributed by atoms with E-state index in [9.17, 15) is 19.5 Å². The molecule has 2 N–H and O–H groups in total. The van der Waals surface area contributed by atoms with Crippen molar-refractivity contribution in [2.45, 2.75) is 72.8 Å². The van der Waals surface area contributed by atoms with Gasteiger partial charge in [0.1, 0.15) is 17.1 Å². The fourth-order valence-electron chi connectivity index (χ4n) is 3.02. The molecule has 2 heterocycles. The number of hydrogen-bond acceptors (Lipinski definition) is 8. The van der Waals surface area contributed by atoms with Gasteiger partial charge in [-0.05, 0) is 37.8 Å². The lowest BCUT2D eigenvalue weighted by Gasteiger charge is -2.11. The Morgan fingerprint density at radius 2 is 1.89 bits per heavy atom. The number of aryl methyl sites for hydroxylation is 1. The van der Waals surface area contributed by atoms with E-state index in [1.807, 2.05) is 18.3 Å². The van der Waals surface area contributed by atoms with Crippen LogP contribution < -0.4 is 10.9 Å². The molecular formula is C27H39NO7S. The molecule has 8 nitrogen and oxygen atoms in total. The maximum absolute atomic E-state index is 12.0. The van der Waals surface area contributed by atoms with Crippen LogP contribution in [0, 0.1) is 5.92 Å². The molecule has 0 aliphatic rings. The SMILES string of the molecule is CCCOCc1ccc(CC)s1.COC(=O)N/C=C/CCC(C)c1cc(O)c(C(=O)C(C)C)c(=O)o1. The van der Waals surface area contributed by atoms with Gasteiger partial charge in [0.25, 0.3) is 0 Å². The molecule has 0 spiro atoms. The number of amides is 1. The minimum Gasteiger partial charge on any atom is -0.507 e. The summed E-state index contributed by atoms with van der Waals surface area (Å²) in [5.74, 6) is -1.04. The number of nitrogens with one attached hydrogen (secondary N) is 1. The van der Waals surface area contributed by atoms with Crippen molar-refractivity contribution in [1.82, 2.24) is 5.32 Å². The molecule has 1 atom stereocenters. The summed E-state index contributed by atoms with van der Waals surface area (Å²) in [7, 11) is 1.27. The van der Waals surface area contributed by atoms with Gasteiger partial charge in [0, 0.05) is 40.5 Å². The molecule has 0 saturated heterocycles. The molecule has 0 saturated carbocycles. The van der Waals surface area contributed by atoms with Crippen molar-refractivity contribution in [2.24, 2.45) is 5.92 Å². The van der Waals surface area contributed by atoms with Crippen molar-refractivity contribution in [3.8, 4) is 5.75 Å². The number of methoxy groups -OCH3 is 1. The van der Waals surface area contributed by atoms with Gasteiger partial charge in [-0.15, -0.1) is 11.3 Å². The van der Waals surface area contributed by atoms with Crippen LogP contribution >= 0.6 is 11.3 Å². The highest BCUT2D eigenvalue weighted by Gasteiger charge is 2.22. The minimum atomic E-state index is -0.821. The third kappa shape index (κ3) is 10.8. The van der Waals surface area contributed by atoms with E-state index in [0.717, 1.165) is 26.1 Å². The molecular weight excluding hydrogens is 482 g/mol. The van der Waals surface area contributed by atoms with E-state index < -0.39 is 23.4 Å². The van der Waals surface area contributed by atoms with Crippen LogP contribution in [-0.4, -0.2) is 30.7 Å². The van der Waals surface area contributed by atoms with Crippen LogP contribution in [0.3, 0.4) is 0 Å². The largest absolute Gasteiger partial charge is 0.507 e. The highest BCUT2D eigenvalue weighted by atomic mass is 32.1. The summed E-state index contributed by atoms with van der Waals surface area (Å²) >= 11 is 1.86. The number of allylic oxidation sites excluding steroid dienone is 1. The summed E-state index contributed by atoms with van der Waals surface area (Å²) in [4.78, 5) is 37.5. The molecule has 0 fully saturated rings. The second kappa shape index (κ2) is 16.7. The predicted molar refractivity (Wildman–Crippen MR) is 142 cm³/mol. The van der Waals surface area contributed by atoms with Crippen LogP contribution in [0.4, 0.5) is 4.79 Å². The summed E-state index contributed by atoms with van der Waals surface area (Å²) in [6.07, 6.45) is 6.13. The third-order valence-electron chi connectivity index (χ3n) is 5.14. The smallest absolute Gasteiger partial charge is 0.410 e. The monoisotopic (exact) mass is 521 g/mol. The third-order valence-corrected chi connectivity index (χ3v) is 6.34. The lowest BCUT2D eigenvalue weighted by Crippen LogP contribution is -2.19. The zero-order valence-electron chi connectivity index (χ0n) is 22.1. The quantitative estimate of drug-likeness (QED) is 0.253. The number of hydrogen-bond donors (Lipinski definition) is 2. The van der Waals surface area contributed by atoms with Crippen LogP contribution in [0.25, 0.3) is 0 Å². The van der Waals surface area contributed by atoms with Crippen molar-refractivity contribution >= 4 is 23.2 Å². The Bertz CT molecular complexity index is 1040. The predicted octanol–water partition coefficient (Wildman–Crippen LogP) is 6.17. The Hall–Kier alpha value is -2.91. The molecule has 36 heavy (non-hydrogen) atoms. The van der Waals surface area contributed by atoms with E-state index in [1.54, 1.807) is 19.9 Å². The molecule has 2 rings (SSSR count). The molecule has 1 unspecified atom stereocenters. The van der Waals surface area contributed by atoms with Gasteiger partial charge >= 0.3 is 11.7 Å². The molecule has 1 amide bonds. The van der Waals surface area contributed by atoms with Crippen LogP contribution in [-0.2, 0) is 22.5 Å². The first-order valence-electron chi connectivity index (χ1n) is 12.2. The first kappa shape index (κ1) is 31.1. The number of thiophene rings is 1. The minimum absolute atomic E-state index is 0.144. The fourth-order valence-corrected chi connectivity index (χ4v) is 3.92. The molecule has 200 valence electrons. The van der Waals surface area contributed by atoms with Crippen molar-refractivity contribution in [3.05, 3.63) is 62.0 Å². The molecule has 0 aliphatic heterocycles.